The van der Waals surface area contributed by atoms with Gasteiger partial charge in [0.25, 0.3) is 0 Å². The van der Waals surface area contributed by atoms with E-state index in [0.29, 0.717) is 30.5 Å². The van der Waals surface area contributed by atoms with E-state index in [1.165, 1.54) is 0 Å². The number of carbonyl (C=O) groups excluding carboxylic acids is 1. The molecule has 2 N–H and O–H groups in total. The van der Waals surface area contributed by atoms with Gasteiger partial charge in [0.05, 0.1) is 32.1 Å². The third kappa shape index (κ3) is 5.86. The Labute approximate surface area is 140 Å². The van der Waals surface area contributed by atoms with Gasteiger partial charge in [-0.05, 0) is 30.3 Å². The molecule has 2 aromatic rings. The van der Waals surface area contributed by atoms with Gasteiger partial charge in [0.2, 0.25) is 11.8 Å². The summed E-state index contributed by atoms with van der Waals surface area (Å²) in [5.74, 6) is 1.71. The topological polar surface area (TPSA) is 81.7 Å². The molecule has 7 nitrogen and oxygen atoms in total. The number of nitrogens with zero attached hydrogens (tertiary/aromatic N) is 1. The van der Waals surface area contributed by atoms with Crippen LogP contribution < -0.4 is 20.1 Å². The van der Waals surface area contributed by atoms with Crippen molar-refractivity contribution in [1.29, 1.82) is 0 Å². The lowest BCUT2D eigenvalue weighted by Gasteiger charge is -2.08. The Bertz CT molecular complexity index is 629. The van der Waals surface area contributed by atoms with Crippen molar-refractivity contribution in [2.75, 3.05) is 39.2 Å². The number of nitrogens with one attached hydrogen (secondary N) is 2. The van der Waals surface area contributed by atoms with Crippen LogP contribution >= 0.6 is 0 Å². The fourth-order valence-electron chi connectivity index (χ4n) is 1.86. The van der Waals surface area contributed by atoms with Gasteiger partial charge in [0.15, 0.2) is 0 Å². The van der Waals surface area contributed by atoms with Gasteiger partial charge in [-0.2, -0.15) is 0 Å². The highest BCUT2D eigenvalue weighted by Gasteiger charge is 2.04. The van der Waals surface area contributed by atoms with Crippen LogP contribution in [0.5, 0.6) is 17.4 Å². The monoisotopic (exact) mass is 331 g/mol. The van der Waals surface area contributed by atoms with Gasteiger partial charge in [0.1, 0.15) is 11.5 Å². The average Bonchev–Trinajstić information content (AvgIpc) is 2.61. The molecular weight excluding hydrogens is 310 g/mol. The van der Waals surface area contributed by atoms with Crippen molar-refractivity contribution in [3.63, 3.8) is 0 Å². The average molecular weight is 331 g/mol. The lowest BCUT2D eigenvalue weighted by molar-refractivity contribution is -0.115. The van der Waals surface area contributed by atoms with E-state index in [1.54, 1.807) is 56.8 Å². The Balaban J connectivity index is 1.82. The fourth-order valence-corrected chi connectivity index (χ4v) is 1.86. The number of hydrogen-bond acceptors (Lipinski definition) is 6. The molecule has 0 aliphatic carbocycles. The summed E-state index contributed by atoms with van der Waals surface area (Å²) in [7, 11) is 3.22. The Morgan fingerprint density at radius 3 is 2.46 bits per heavy atom. The van der Waals surface area contributed by atoms with Gasteiger partial charge in [-0.15, -0.1) is 0 Å². The van der Waals surface area contributed by atoms with Gasteiger partial charge < -0.3 is 24.8 Å². The van der Waals surface area contributed by atoms with Crippen molar-refractivity contribution in [2.45, 2.75) is 0 Å². The first-order valence-corrected chi connectivity index (χ1v) is 7.48. The normalized spacial score (nSPS) is 10.2. The van der Waals surface area contributed by atoms with Crippen LogP contribution in [0.25, 0.3) is 0 Å². The maximum Gasteiger partial charge on any atom is 0.238 e. The number of amides is 1. The van der Waals surface area contributed by atoms with Gasteiger partial charge in [-0.3, -0.25) is 4.79 Å². The van der Waals surface area contributed by atoms with Crippen molar-refractivity contribution in [2.24, 2.45) is 0 Å². The number of anilines is 1. The van der Waals surface area contributed by atoms with Crippen LogP contribution in [-0.4, -0.2) is 44.8 Å². The second kappa shape index (κ2) is 9.49. The molecule has 0 saturated heterocycles. The number of hydrogen-bond donors (Lipinski definition) is 2. The zero-order valence-corrected chi connectivity index (χ0v) is 13.7. The molecule has 0 atom stereocenters. The van der Waals surface area contributed by atoms with Crippen LogP contribution in [0.15, 0.2) is 42.6 Å². The van der Waals surface area contributed by atoms with Crippen molar-refractivity contribution in [1.82, 2.24) is 10.3 Å². The van der Waals surface area contributed by atoms with Crippen LogP contribution in [-0.2, 0) is 9.53 Å². The van der Waals surface area contributed by atoms with E-state index in [0.717, 1.165) is 5.75 Å². The quantitative estimate of drug-likeness (QED) is 0.685. The molecule has 0 saturated carbocycles. The molecule has 0 bridgehead atoms. The van der Waals surface area contributed by atoms with E-state index >= 15 is 0 Å². The predicted octanol–water partition coefficient (Wildman–Crippen LogP) is 2.06. The molecule has 7 heteroatoms. The Morgan fingerprint density at radius 1 is 1.08 bits per heavy atom. The van der Waals surface area contributed by atoms with E-state index in [1.807, 2.05) is 0 Å². The van der Waals surface area contributed by atoms with Gasteiger partial charge in [0, 0.05) is 19.7 Å². The molecule has 1 aromatic carbocycles. The summed E-state index contributed by atoms with van der Waals surface area (Å²) in [6.45, 7) is 1.40. The summed E-state index contributed by atoms with van der Waals surface area (Å²) in [6.07, 6.45) is 1.55. The van der Waals surface area contributed by atoms with Crippen LogP contribution in [0.1, 0.15) is 0 Å². The second-order valence-corrected chi connectivity index (χ2v) is 4.88. The molecule has 128 valence electrons. The number of rotatable bonds is 9. The van der Waals surface area contributed by atoms with E-state index in [2.05, 4.69) is 15.6 Å². The number of carbonyl (C=O) groups is 1. The number of ether oxygens (including phenoxy) is 3. The molecule has 0 aliphatic heterocycles. The maximum atomic E-state index is 11.7. The van der Waals surface area contributed by atoms with E-state index < -0.39 is 0 Å². The van der Waals surface area contributed by atoms with E-state index in [9.17, 15) is 4.79 Å². The van der Waals surface area contributed by atoms with E-state index in [-0.39, 0.29) is 12.5 Å². The van der Waals surface area contributed by atoms with Crippen LogP contribution in [0.2, 0.25) is 0 Å². The minimum atomic E-state index is -0.142. The molecule has 0 aliphatic rings. The minimum Gasteiger partial charge on any atom is -0.497 e. The largest absolute Gasteiger partial charge is 0.497 e. The minimum absolute atomic E-state index is 0.142. The Kier molecular flexibility index (Phi) is 7.00. The molecule has 0 unspecified atom stereocenters. The number of pyridine rings is 1. The van der Waals surface area contributed by atoms with Crippen LogP contribution in [0.3, 0.4) is 0 Å². The summed E-state index contributed by atoms with van der Waals surface area (Å²) in [5, 5.41) is 5.72. The van der Waals surface area contributed by atoms with Crippen molar-refractivity contribution < 1.29 is 19.0 Å². The molecule has 2 rings (SSSR count). The first-order valence-electron chi connectivity index (χ1n) is 7.48. The summed E-state index contributed by atoms with van der Waals surface area (Å²) in [5.41, 5.74) is 0.607. The number of methoxy groups -OCH3 is 2. The van der Waals surface area contributed by atoms with Crippen LogP contribution in [0, 0.1) is 0 Å². The van der Waals surface area contributed by atoms with Gasteiger partial charge in [-0.1, -0.05) is 0 Å². The zero-order valence-electron chi connectivity index (χ0n) is 13.7. The van der Waals surface area contributed by atoms with E-state index in [4.69, 9.17) is 14.2 Å². The highest BCUT2D eigenvalue weighted by molar-refractivity contribution is 5.92. The highest BCUT2D eigenvalue weighted by Crippen LogP contribution is 2.22. The van der Waals surface area contributed by atoms with Gasteiger partial charge >= 0.3 is 0 Å². The first-order chi connectivity index (χ1) is 11.7. The molecule has 0 spiro atoms. The standard InChI is InChI=1S/C17H21N3O4/c1-22-10-9-18-12-16(21)20-13-3-8-17(19-11-13)24-15-6-4-14(23-2)5-7-15/h3-8,11,18H,9-10,12H2,1-2H3,(H,20,21). The third-order valence-electron chi connectivity index (χ3n) is 3.07. The summed E-state index contributed by atoms with van der Waals surface area (Å²) in [6, 6.07) is 10.6. The maximum absolute atomic E-state index is 11.7. The molecule has 24 heavy (non-hydrogen) atoms. The lowest BCUT2D eigenvalue weighted by Crippen LogP contribution is -2.30. The fraction of sp³-hybridized carbons (Fsp3) is 0.294. The summed E-state index contributed by atoms with van der Waals surface area (Å²) in [4.78, 5) is 15.9. The number of aromatic nitrogens is 1. The van der Waals surface area contributed by atoms with Crippen molar-refractivity contribution in [3.8, 4) is 17.4 Å². The summed E-state index contributed by atoms with van der Waals surface area (Å²) < 4.78 is 15.6. The smallest absolute Gasteiger partial charge is 0.238 e. The third-order valence-corrected chi connectivity index (χ3v) is 3.07. The van der Waals surface area contributed by atoms with Crippen LogP contribution in [0.4, 0.5) is 5.69 Å². The highest BCUT2D eigenvalue weighted by atomic mass is 16.5. The van der Waals surface area contributed by atoms with Gasteiger partial charge in [-0.25, -0.2) is 4.98 Å². The number of benzene rings is 1. The Hall–Kier alpha value is -2.64. The molecule has 1 heterocycles. The predicted molar refractivity (Wildman–Crippen MR) is 90.7 cm³/mol. The molecule has 1 aromatic heterocycles. The van der Waals surface area contributed by atoms with Crippen molar-refractivity contribution in [3.05, 3.63) is 42.6 Å². The second-order valence-electron chi connectivity index (χ2n) is 4.88. The SMILES string of the molecule is COCCNCC(=O)Nc1ccc(Oc2ccc(OC)cc2)nc1. The zero-order chi connectivity index (χ0) is 17.2. The Morgan fingerprint density at radius 2 is 1.83 bits per heavy atom. The molecule has 0 radical (unpaired) electrons. The molecule has 0 fully saturated rings. The molecule has 1 amide bonds. The summed E-state index contributed by atoms with van der Waals surface area (Å²) >= 11 is 0. The molecular formula is C17H21N3O4. The first kappa shape index (κ1) is 17.7. The lowest BCUT2D eigenvalue weighted by atomic mass is 10.3. The van der Waals surface area contributed by atoms with Crippen molar-refractivity contribution >= 4 is 11.6 Å².